The molecule has 0 unspecified atom stereocenters. The molecular weight excluding hydrogens is 222 g/mol. The monoisotopic (exact) mass is 241 g/mol. The zero-order valence-electron chi connectivity index (χ0n) is 10.9. The van der Waals surface area contributed by atoms with Crippen molar-refractivity contribution in [3.8, 4) is 5.69 Å². The average Bonchev–Trinajstić information content (AvgIpc) is 2.86. The first-order valence-corrected chi connectivity index (χ1v) is 6.27. The van der Waals surface area contributed by atoms with E-state index in [1.807, 2.05) is 47.4 Å². The van der Waals surface area contributed by atoms with Crippen LogP contribution in [-0.4, -0.2) is 22.9 Å². The van der Waals surface area contributed by atoms with Crippen LogP contribution in [0.5, 0.6) is 0 Å². The molecule has 2 rings (SSSR count). The van der Waals surface area contributed by atoms with Crippen LogP contribution in [0.25, 0.3) is 11.8 Å². The molecule has 1 aromatic carbocycles. The lowest BCUT2D eigenvalue weighted by atomic mass is 10.2. The zero-order chi connectivity index (χ0) is 12.8. The van der Waals surface area contributed by atoms with E-state index >= 15 is 0 Å². The van der Waals surface area contributed by atoms with E-state index in [0.29, 0.717) is 0 Å². The Morgan fingerprint density at radius 1 is 1.33 bits per heavy atom. The van der Waals surface area contributed by atoms with Crippen LogP contribution in [0.4, 0.5) is 0 Å². The SMILES string of the molecule is CCNCC(C)=Cc1cnn(-c2ccccc2)c1. The number of hydrogen-bond donors (Lipinski definition) is 1. The Bertz CT molecular complexity index is 512. The van der Waals surface area contributed by atoms with Crippen LogP contribution in [0.1, 0.15) is 19.4 Å². The maximum atomic E-state index is 4.37. The number of nitrogens with one attached hydrogen (secondary N) is 1. The third-order valence-corrected chi connectivity index (χ3v) is 2.69. The Morgan fingerprint density at radius 2 is 2.11 bits per heavy atom. The van der Waals surface area contributed by atoms with Gasteiger partial charge in [-0.1, -0.05) is 36.8 Å². The van der Waals surface area contributed by atoms with Gasteiger partial charge in [0.15, 0.2) is 0 Å². The summed E-state index contributed by atoms with van der Waals surface area (Å²) in [6, 6.07) is 10.1. The first-order valence-electron chi connectivity index (χ1n) is 6.27. The number of likely N-dealkylation sites (N-methyl/N-ethyl adjacent to an activating group) is 1. The number of para-hydroxylation sites is 1. The minimum atomic E-state index is 0.924. The van der Waals surface area contributed by atoms with Gasteiger partial charge in [-0.15, -0.1) is 0 Å². The van der Waals surface area contributed by atoms with Crippen LogP contribution in [-0.2, 0) is 0 Å². The van der Waals surface area contributed by atoms with Crippen LogP contribution in [0.2, 0.25) is 0 Å². The van der Waals surface area contributed by atoms with E-state index in [4.69, 9.17) is 0 Å². The zero-order valence-corrected chi connectivity index (χ0v) is 10.9. The molecule has 3 nitrogen and oxygen atoms in total. The average molecular weight is 241 g/mol. The molecule has 18 heavy (non-hydrogen) atoms. The molecule has 0 saturated carbocycles. The normalized spacial score (nSPS) is 11.8. The third kappa shape index (κ3) is 3.31. The van der Waals surface area contributed by atoms with Crippen molar-refractivity contribution >= 4 is 6.08 Å². The molecule has 0 atom stereocenters. The lowest BCUT2D eigenvalue weighted by Crippen LogP contribution is -2.14. The number of benzene rings is 1. The van der Waals surface area contributed by atoms with Gasteiger partial charge in [-0.3, -0.25) is 0 Å². The van der Waals surface area contributed by atoms with Crippen molar-refractivity contribution in [1.82, 2.24) is 15.1 Å². The fourth-order valence-electron chi connectivity index (χ4n) is 1.79. The number of nitrogens with zero attached hydrogens (tertiary/aromatic N) is 2. The van der Waals surface area contributed by atoms with Gasteiger partial charge >= 0.3 is 0 Å². The second-order valence-corrected chi connectivity index (χ2v) is 4.32. The molecule has 2 aromatic rings. The lowest BCUT2D eigenvalue weighted by Gasteiger charge is -2.00. The van der Waals surface area contributed by atoms with Crippen molar-refractivity contribution in [2.75, 3.05) is 13.1 Å². The molecule has 0 aliphatic heterocycles. The molecule has 0 aliphatic rings. The van der Waals surface area contributed by atoms with Crippen molar-refractivity contribution in [2.24, 2.45) is 0 Å². The van der Waals surface area contributed by atoms with Crippen molar-refractivity contribution in [1.29, 1.82) is 0 Å². The number of rotatable bonds is 5. The van der Waals surface area contributed by atoms with Gasteiger partial charge in [-0.05, 0) is 25.6 Å². The molecule has 94 valence electrons. The standard InChI is InChI=1S/C15H19N3/c1-3-16-10-13(2)9-14-11-17-18(12-14)15-7-5-4-6-8-15/h4-9,11-12,16H,3,10H2,1-2H3. The van der Waals surface area contributed by atoms with Gasteiger partial charge in [0.2, 0.25) is 0 Å². The van der Waals surface area contributed by atoms with Crippen molar-refractivity contribution < 1.29 is 0 Å². The van der Waals surface area contributed by atoms with E-state index in [9.17, 15) is 0 Å². The molecule has 0 amide bonds. The summed E-state index contributed by atoms with van der Waals surface area (Å²) < 4.78 is 1.90. The first kappa shape index (κ1) is 12.6. The molecule has 1 aromatic heterocycles. The molecule has 0 bridgehead atoms. The van der Waals surface area contributed by atoms with Crippen molar-refractivity contribution in [2.45, 2.75) is 13.8 Å². The van der Waals surface area contributed by atoms with Gasteiger partial charge < -0.3 is 5.32 Å². The Kier molecular flexibility index (Phi) is 4.31. The Labute approximate surface area is 108 Å². The molecule has 3 heteroatoms. The van der Waals surface area contributed by atoms with E-state index in [0.717, 1.165) is 24.3 Å². The van der Waals surface area contributed by atoms with Gasteiger partial charge in [0.1, 0.15) is 0 Å². The summed E-state index contributed by atoms with van der Waals surface area (Å²) in [5, 5.41) is 7.68. The van der Waals surface area contributed by atoms with Gasteiger partial charge in [0.05, 0.1) is 11.9 Å². The van der Waals surface area contributed by atoms with Crippen LogP contribution in [0.3, 0.4) is 0 Å². The summed E-state index contributed by atoms with van der Waals surface area (Å²) in [4.78, 5) is 0. The topological polar surface area (TPSA) is 29.9 Å². The quantitative estimate of drug-likeness (QED) is 0.872. The highest BCUT2D eigenvalue weighted by molar-refractivity contribution is 5.51. The lowest BCUT2D eigenvalue weighted by molar-refractivity contribution is 0.778. The molecular formula is C15H19N3. The van der Waals surface area contributed by atoms with Gasteiger partial charge in [0, 0.05) is 18.3 Å². The second-order valence-electron chi connectivity index (χ2n) is 4.32. The van der Waals surface area contributed by atoms with Gasteiger partial charge in [0.25, 0.3) is 0 Å². The molecule has 0 fully saturated rings. The summed E-state index contributed by atoms with van der Waals surface area (Å²) in [7, 11) is 0. The molecule has 0 spiro atoms. The molecule has 0 saturated heterocycles. The number of hydrogen-bond acceptors (Lipinski definition) is 2. The largest absolute Gasteiger partial charge is 0.313 e. The Balaban J connectivity index is 2.11. The van der Waals surface area contributed by atoms with E-state index < -0.39 is 0 Å². The van der Waals surface area contributed by atoms with Crippen LogP contribution in [0, 0.1) is 0 Å². The predicted octanol–water partition coefficient (Wildman–Crippen LogP) is 2.89. The number of aromatic nitrogens is 2. The van der Waals surface area contributed by atoms with Crippen LogP contribution >= 0.6 is 0 Å². The fraction of sp³-hybridized carbons (Fsp3) is 0.267. The molecule has 1 N–H and O–H groups in total. The smallest absolute Gasteiger partial charge is 0.0645 e. The van der Waals surface area contributed by atoms with E-state index in [-0.39, 0.29) is 0 Å². The van der Waals surface area contributed by atoms with Gasteiger partial charge in [-0.2, -0.15) is 5.10 Å². The highest BCUT2D eigenvalue weighted by Crippen LogP contribution is 2.10. The third-order valence-electron chi connectivity index (χ3n) is 2.69. The maximum absolute atomic E-state index is 4.37. The predicted molar refractivity (Wildman–Crippen MR) is 75.8 cm³/mol. The van der Waals surface area contributed by atoms with Crippen molar-refractivity contribution in [3.63, 3.8) is 0 Å². The first-order chi connectivity index (χ1) is 8.79. The Hall–Kier alpha value is -1.87. The highest BCUT2D eigenvalue weighted by atomic mass is 15.3. The molecule has 0 aliphatic carbocycles. The minimum absolute atomic E-state index is 0.924. The van der Waals surface area contributed by atoms with Crippen molar-refractivity contribution in [3.05, 3.63) is 53.9 Å². The fourth-order valence-corrected chi connectivity index (χ4v) is 1.79. The Morgan fingerprint density at radius 3 is 2.83 bits per heavy atom. The van der Waals surface area contributed by atoms with Crippen LogP contribution in [0.15, 0.2) is 48.3 Å². The second kappa shape index (κ2) is 6.17. The molecule has 1 heterocycles. The van der Waals surface area contributed by atoms with E-state index in [1.54, 1.807) is 0 Å². The summed E-state index contributed by atoms with van der Waals surface area (Å²) in [5.74, 6) is 0. The maximum Gasteiger partial charge on any atom is 0.0645 e. The van der Waals surface area contributed by atoms with E-state index in [1.165, 1.54) is 5.57 Å². The van der Waals surface area contributed by atoms with E-state index in [2.05, 4.69) is 30.3 Å². The summed E-state index contributed by atoms with van der Waals surface area (Å²) >= 11 is 0. The summed E-state index contributed by atoms with van der Waals surface area (Å²) in [6.07, 6.45) is 6.10. The summed E-state index contributed by atoms with van der Waals surface area (Å²) in [6.45, 7) is 6.16. The van der Waals surface area contributed by atoms with Crippen LogP contribution < -0.4 is 5.32 Å². The summed E-state index contributed by atoms with van der Waals surface area (Å²) in [5.41, 5.74) is 3.53. The highest BCUT2D eigenvalue weighted by Gasteiger charge is 1.98. The molecule has 0 radical (unpaired) electrons. The minimum Gasteiger partial charge on any atom is -0.313 e. The van der Waals surface area contributed by atoms with Gasteiger partial charge in [-0.25, -0.2) is 4.68 Å².